The summed E-state index contributed by atoms with van der Waals surface area (Å²) in [5, 5.41) is 7.18. The van der Waals surface area contributed by atoms with Crippen LogP contribution in [0.5, 0.6) is 0 Å². The number of nitrogens with one attached hydrogen (secondary N) is 1. The van der Waals surface area contributed by atoms with E-state index in [1.807, 2.05) is 105 Å². The Morgan fingerprint density at radius 1 is 0.848 bits per heavy atom. The zero-order chi connectivity index (χ0) is 33.3. The van der Waals surface area contributed by atoms with Gasteiger partial charge < -0.3 is 20.9 Å². The molecule has 4 rings (SSSR count). The van der Waals surface area contributed by atoms with Crippen LogP contribution in [0, 0.1) is 0 Å². The van der Waals surface area contributed by atoms with Crippen molar-refractivity contribution in [2.24, 2.45) is 5.73 Å². The Kier molecular flexibility index (Phi) is 11.9. The molecule has 7 nitrogen and oxygen atoms in total. The first kappa shape index (κ1) is 34.6. The third kappa shape index (κ3) is 9.86. The number of rotatable bonds is 14. The summed E-state index contributed by atoms with van der Waals surface area (Å²) < 4.78 is 0. The number of carbonyl (C=O) groups excluding carboxylic acids is 3. The van der Waals surface area contributed by atoms with E-state index in [2.05, 4.69) is 11.4 Å². The molecule has 242 valence electrons. The van der Waals surface area contributed by atoms with Gasteiger partial charge in [-0.1, -0.05) is 84.4 Å². The van der Waals surface area contributed by atoms with Gasteiger partial charge in [0.15, 0.2) is 0 Å². The molecule has 3 N–H and O–H groups in total. The summed E-state index contributed by atoms with van der Waals surface area (Å²) >= 11 is 1.55. The normalized spacial score (nSPS) is 13.2. The van der Waals surface area contributed by atoms with Gasteiger partial charge in [0.05, 0.1) is 0 Å². The summed E-state index contributed by atoms with van der Waals surface area (Å²) in [7, 11) is 3.33. The zero-order valence-corrected chi connectivity index (χ0v) is 28.3. The molecule has 3 amide bonds. The largest absolute Gasteiger partial charge is 0.354 e. The molecular weight excluding hydrogens is 593 g/mol. The van der Waals surface area contributed by atoms with Crippen LogP contribution in [-0.4, -0.2) is 65.8 Å². The lowest BCUT2D eigenvalue weighted by atomic mass is 9.96. The van der Waals surface area contributed by atoms with Gasteiger partial charge in [-0.25, -0.2) is 0 Å². The Bertz CT molecular complexity index is 1640. The standard InChI is InChI=1S/C38H46N4O3S/c1-27(26-38(2,3)39)22-35(43)41(4)34(24-29-17-18-30-14-9-10-15-31(30)23-29)37(45)42(5)33(25-32-16-11-21-46-32)36(44)40-20-19-28-12-7-6-8-13-28/h6-18,21-23,33-34H,19-20,24-26,39H2,1-5H3,(H,40,44)/b27-22+/t33-,34-/m1/s1. The minimum absolute atomic E-state index is 0.223. The number of likely N-dealkylation sites (N-methyl/N-ethyl adjacent to an activating group) is 2. The van der Waals surface area contributed by atoms with Gasteiger partial charge in [-0.15, -0.1) is 11.3 Å². The van der Waals surface area contributed by atoms with Gasteiger partial charge in [-0.3, -0.25) is 14.4 Å². The molecule has 0 radical (unpaired) electrons. The molecular formula is C38H46N4O3S. The van der Waals surface area contributed by atoms with Crippen molar-refractivity contribution in [3.8, 4) is 0 Å². The van der Waals surface area contributed by atoms with E-state index < -0.39 is 17.6 Å². The second kappa shape index (κ2) is 15.8. The second-order valence-electron chi connectivity index (χ2n) is 12.8. The van der Waals surface area contributed by atoms with Crippen LogP contribution in [0.4, 0.5) is 0 Å². The first-order valence-electron chi connectivity index (χ1n) is 15.7. The highest BCUT2D eigenvalue weighted by Crippen LogP contribution is 2.21. The van der Waals surface area contributed by atoms with Crippen molar-refractivity contribution in [3.63, 3.8) is 0 Å². The molecule has 0 fully saturated rings. The van der Waals surface area contributed by atoms with Gasteiger partial charge >= 0.3 is 0 Å². The fourth-order valence-corrected chi connectivity index (χ4v) is 6.46. The molecule has 0 spiro atoms. The molecule has 0 aliphatic rings. The topological polar surface area (TPSA) is 95.7 Å². The number of nitrogens with two attached hydrogens (primary N) is 1. The first-order chi connectivity index (χ1) is 21.9. The minimum Gasteiger partial charge on any atom is -0.354 e. The van der Waals surface area contributed by atoms with E-state index in [0.29, 0.717) is 32.2 Å². The lowest BCUT2D eigenvalue weighted by molar-refractivity contribution is -0.146. The summed E-state index contributed by atoms with van der Waals surface area (Å²) in [6.07, 6.45) is 3.47. The van der Waals surface area contributed by atoms with Gasteiger partial charge in [-0.2, -0.15) is 0 Å². The lowest BCUT2D eigenvalue weighted by Crippen LogP contribution is -2.56. The number of benzene rings is 3. The smallest absolute Gasteiger partial charge is 0.246 e. The van der Waals surface area contributed by atoms with Crippen LogP contribution < -0.4 is 11.1 Å². The Balaban J connectivity index is 1.61. The molecule has 4 aromatic rings. The Labute approximate surface area is 277 Å². The van der Waals surface area contributed by atoms with E-state index >= 15 is 0 Å². The average molecular weight is 639 g/mol. The molecule has 46 heavy (non-hydrogen) atoms. The summed E-state index contributed by atoms with van der Waals surface area (Å²) in [6.45, 7) is 6.16. The minimum atomic E-state index is -0.837. The van der Waals surface area contributed by atoms with Crippen molar-refractivity contribution >= 4 is 39.8 Å². The molecule has 0 saturated heterocycles. The number of hydrogen-bond donors (Lipinski definition) is 2. The lowest BCUT2D eigenvalue weighted by Gasteiger charge is -2.34. The number of amides is 3. The van der Waals surface area contributed by atoms with Crippen LogP contribution in [0.25, 0.3) is 10.8 Å². The Morgan fingerprint density at radius 2 is 1.54 bits per heavy atom. The summed E-state index contributed by atoms with van der Waals surface area (Å²) in [4.78, 5) is 45.8. The highest BCUT2D eigenvalue weighted by molar-refractivity contribution is 7.09. The molecule has 0 unspecified atom stereocenters. The summed E-state index contributed by atoms with van der Waals surface area (Å²) in [5.74, 6) is -0.801. The number of carbonyl (C=O) groups is 3. The maximum absolute atomic E-state index is 14.5. The van der Waals surface area contributed by atoms with Crippen LogP contribution in [0.15, 0.2) is 102 Å². The molecule has 0 aliphatic heterocycles. The van der Waals surface area contributed by atoms with Crippen molar-refractivity contribution in [3.05, 3.63) is 118 Å². The molecule has 0 aliphatic carbocycles. The molecule has 0 saturated carbocycles. The van der Waals surface area contributed by atoms with E-state index in [1.54, 1.807) is 31.5 Å². The number of nitrogens with zero attached hydrogens (tertiary/aromatic N) is 2. The van der Waals surface area contributed by atoms with Crippen molar-refractivity contribution in [2.45, 2.75) is 64.1 Å². The molecule has 2 atom stereocenters. The third-order valence-electron chi connectivity index (χ3n) is 8.10. The molecule has 3 aromatic carbocycles. The third-order valence-corrected chi connectivity index (χ3v) is 8.99. The van der Waals surface area contributed by atoms with Gasteiger partial charge in [0.25, 0.3) is 0 Å². The number of thiophene rings is 1. The van der Waals surface area contributed by atoms with E-state index in [1.165, 1.54) is 9.80 Å². The fraction of sp³-hybridized carbons (Fsp3) is 0.342. The van der Waals surface area contributed by atoms with E-state index in [-0.39, 0.29) is 17.7 Å². The number of hydrogen-bond acceptors (Lipinski definition) is 5. The molecule has 0 bridgehead atoms. The molecule has 8 heteroatoms. The van der Waals surface area contributed by atoms with Crippen molar-refractivity contribution in [1.29, 1.82) is 0 Å². The van der Waals surface area contributed by atoms with Crippen molar-refractivity contribution < 1.29 is 14.4 Å². The van der Waals surface area contributed by atoms with Gasteiger partial charge in [0, 0.05) is 50.0 Å². The van der Waals surface area contributed by atoms with Gasteiger partial charge in [0.1, 0.15) is 12.1 Å². The summed E-state index contributed by atoms with van der Waals surface area (Å²) in [5.41, 5.74) is 8.62. The van der Waals surface area contributed by atoms with E-state index in [9.17, 15) is 14.4 Å². The maximum Gasteiger partial charge on any atom is 0.246 e. The Hall–Kier alpha value is -4.27. The fourth-order valence-electron chi connectivity index (χ4n) is 5.72. The van der Waals surface area contributed by atoms with Crippen LogP contribution in [0.1, 0.15) is 43.2 Å². The van der Waals surface area contributed by atoms with Crippen LogP contribution in [0.3, 0.4) is 0 Å². The van der Waals surface area contributed by atoms with E-state index in [4.69, 9.17) is 5.73 Å². The van der Waals surface area contributed by atoms with Crippen LogP contribution in [0.2, 0.25) is 0 Å². The highest BCUT2D eigenvalue weighted by Gasteiger charge is 2.35. The van der Waals surface area contributed by atoms with E-state index in [0.717, 1.165) is 32.3 Å². The highest BCUT2D eigenvalue weighted by atomic mass is 32.1. The van der Waals surface area contributed by atoms with Crippen molar-refractivity contribution in [1.82, 2.24) is 15.1 Å². The predicted octanol–water partition coefficient (Wildman–Crippen LogP) is 5.77. The predicted molar refractivity (Wildman–Crippen MR) is 189 cm³/mol. The Morgan fingerprint density at radius 3 is 2.22 bits per heavy atom. The van der Waals surface area contributed by atoms with Gasteiger partial charge in [0.2, 0.25) is 17.7 Å². The quantitative estimate of drug-likeness (QED) is 0.171. The average Bonchev–Trinajstić information content (AvgIpc) is 3.54. The SMILES string of the molecule is C/C(=C\C(=O)N(C)[C@H](Cc1ccc2ccccc2c1)C(=O)N(C)[C@H](Cc1cccs1)C(=O)NCCc1ccccc1)CC(C)(C)N. The van der Waals surface area contributed by atoms with Gasteiger partial charge in [-0.05, 0) is 67.0 Å². The molecule has 1 aromatic heterocycles. The summed E-state index contributed by atoms with van der Waals surface area (Å²) in [6, 6.07) is 26.4. The van der Waals surface area contributed by atoms with Crippen molar-refractivity contribution in [2.75, 3.05) is 20.6 Å². The first-order valence-corrected chi connectivity index (χ1v) is 16.6. The molecule has 1 heterocycles. The second-order valence-corrected chi connectivity index (χ2v) is 13.8. The monoisotopic (exact) mass is 638 g/mol. The van der Waals surface area contributed by atoms with Crippen LogP contribution in [-0.2, 0) is 33.6 Å². The maximum atomic E-state index is 14.5. The number of fused-ring (bicyclic) bond motifs is 1. The zero-order valence-electron chi connectivity index (χ0n) is 27.5. The van der Waals surface area contributed by atoms with Crippen LogP contribution >= 0.6 is 11.3 Å².